The van der Waals surface area contributed by atoms with Crippen LogP contribution in [0.4, 0.5) is 5.82 Å². The van der Waals surface area contributed by atoms with Gasteiger partial charge in [-0.15, -0.1) is 0 Å². The van der Waals surface area contributed by atoms with E-state index in [9.17, 15) is 0 Å². The van der Waals surface area contributed by atoms with E-state index in [-0.39, 0.29) is 0 Å². The van der Waals surface area contributed by atoms with E-state index in [0.29, 0.717) is 0 Å². The Morgan fingerprint density at radius 3 is 2.75 bits per heavy atom. The van der Waals surface area contributed by atoms with Crippen molar-refractivity contribution in [1.82, 2.24) is 4.98 Å². The molecule has 2 aromatic rings. The van der Waals surface area contributed by atoms with Crippen molar-refractivity contribution >= 4 is 16.7 Å². The molecule has 0 aliphatic carbocycles. The Balaban J connectivity index is 2.06. The minimum absolute atomic E-state index is 0.741. The maximum atomic E-state index is 5.68. The molecule has 1 aromatic heterocycles. The van der Waals surface area contributed by atoms with Crippen LogP contribution in [0.1, 0.15) is 30.4 Å². The van der Waals surface area contributed by atoms with Gasteiger partial charge in [0.25, 0.3) is 0 Å². The Morgan fingerprint density at radius 2 is 2.00 bits per heavy atom. The smallest absolute Gasteiger partial charge is 0.132 e. The van der Waals surface area contributed by atoms with Crippen LogP contribution in [0.5, 0.6) is 0 Å². The quantitative estimate of drug-likeness (QED) is 0.927. The third kappa shape index (κ3) is 2.63. The van der Waals surface area contributed by atoms with Gasteiger partial charge in [0.15, 0.2) is 0 Å². The molecule has 0 spiro atoms. The standard InChI is InChI=1S/C17H23N3/c1-13-6-7-16-15(11-13)12-14(5-4-8-18)17(19-16)20-9-2-3-10-20/h6-7,11-12H,2-5,8-10,18H2,1H3. The molecule has 0 saturated carbocycles. The summed E-state index contributed by atoms with van der Waals surface area (Å²) in [5.41, 5.74) is 9.43. The fraction of sp³-hybridized carbons (Fsp3) is 0.471. The van der Waals surface area contributed by atoms with Crippen LogP contribution in [-0.2, 0) is 6.42 Å². The van der Waals surface area contributed by atoms with E-state index in [1.54, 1.807) is 0 Å². The van der Waals surface area contributed by atoms with E-state index >= 15 is 0 Å². The van der Waals surface area contributed by atoms with Gasteiger partial charge in [-0.3, -0.25) is 0 Å². The van der Waals surface area contributed by atoms with Gasteiger partial charge < -0.3 is 10.6 Å². The lowest BCUT2D eigenvalue weighted by atomic mass is 10.1. The van der Waals surface area contributed by atoms with Crippen molar-refractivity contribution in [2.45, 2.75) is 32.6 Å². The molecule has 0 radical (unpaired) electrons. The van der Waals surface area contributed by atoms with Crippen LogP contribution in [-0.4, -0.2) is 24.6 Å². The molecule has 1 aliphatic heterocycles. The summed E-state index contributed by atoms with van der Waals surface area (Å²) in [4.78, 5) is 7.37. The Morgan fingerprint density at radius 1 is 1.20 bits per heavy atom. The lowest BCUT2D eigenvalue weighted by molar-refractivity contribution is 0.818. The van der Waals surface area contributed by atoms with Gasteiger partial charge >= 0.3 is 0 Å². The average molecular weight is 269 g/mol. The van der Waals surface area contributed by atoms with Crippen LogP contribution in [0.15, 0.2) is 24.3 Å². The third-order valence-electron chi connectivity index (χ3n) is 4.08. The summed E-state index contributed by atoms with van der Waals surface area (Å²) in [6, 6.07) is 8.82. The van der Waals surface area contributed by atoms with E-state index in [0.717, 1.165) is 38.0 Å². The number of benzene rings is 1. The molecule has 3 heteroatoms. The number of fused-ring (bicyclic) bond motifs is 1. The molecular weight excluding hydrogens is 246 g/mol. The predicted molar refractivity (Wildman–Crippen MR) is 85.3 cm³/mol. The van der Waals surface area contributed by atoms with Gasteiger partial charge in [0, 0.05) is 18.5 Å². The number of anilines is 1. The highest BCUT2D eigenvalue weighted by Crippen LogP contribution is 2.27. The number of nitrogens with zero attached hydrogens (tertiary/aromatic N) is 2. The minimum atomic E-state index is 0.741. The van der Waals surface area contributed by atoms with Crippen LogP contribution >= 0.6 is 0 Å². The maximum absolute atomic E-state index is 5.68. The fourth-order valence-electron chi connectivity index (χ4n) is 3.01. The first-order valence-electron chi connectivity index (χ1n) is 7.63. The Bertz CT molecular complexity index is 600. The lowest BCUT2D eigenvalue weighted by Gasteiger charge is -2.21. The van der Waals surface area contributed by atoms with E-state index in [2.05, 4.69) is 36.1 Å². The van der Waals surface area contributed by atoms with Crippen molar-refractivity contribution in [2.24, 2.45) is 5.73 Å². The molecule has 0 amide bonds. The van der Waals surface area contributed by atoms with Crippen molar-refractivity contribution in [3.05, 3.63) is 35.4 Å². The zero-order chi connectivity index (χ0) is 13.9. The number of pyridine rings is 1. The van der Waals surface area contributed by atoms with Gasteiger partial charge in [0.05, 0.1) is 5.52 Å². The fourth-order valence-corrected chi connectivity index (χ4v) is 3.01. The van der Waals surface area contributed by atoms with Crippen LogP contribution in [0.25, 0.3) is 10.9 Å². The number of aryl methyl sites for hydroxylation is 2. The molecule has 2 N–H and O–H groups in total. The van der Waals surface area contributed by atoms with Crippen molar-refractivity contribution in [3.8, 4) is 0 Å². The zero-order valence-corrected chi connectivity index (χ0v) is 12.2. The highest BCUT2D eigenvalue weighted by atomic mass is 15.2. The van der Waals surface area contributed by atoms with Crippen molar-refractivity contribution in [3.63, 3.8) is 0 Å². The zero-order valence-electron chi connectivity index (χ0n) is 12.2. The third-order valence-corrected chi connectivity index (χ3v) is 4.08. The molecule has 3 rings (SSSR count). The molecule has 1 aromatic carbocycles. The molecule has 1 fully saturated rings. The monoisotopic (exact) mass is 269 g/mol. The Labute approximate surface area is 120 Å². The van der Waals surface area contributed by atoms with Crippen molar-refractivity contribution in [1.29, 1.82) is 0 Å². The summed E-state index contributed by atoms with van der Waals surface area (Å²) in [6.45, 7) is 5.15. The normalized spacial score (nSPS) is 15.2. The minimum Gasteiger partial charge on any atom is -0.356 e. The summed E-state index contributed by atoms with van der Waals surface area (Å²) in [6.07, 6.45) is 4.62. The number of nitrogens with two attached hydrogens (primary N) is 1. The molecular formula is C17H23N3. The molecule has 0 atom stereocenters. The predicted octanol–water partition coefficient (Wildman–Crippen LogP) is 3.03. The molecule has 1 saturated heterocycles. The van der Waals surface area contributed by atoms with E-state index in [4.69, 9.17) is 10.7 Å². The molecule has 0 unspecified atom stereocenters. The highest BCUT2D eigenvalue weighted by Gasteiger charge is 2.17. The second-order valence-corrected chi connectivity index (χ2v) is 5.75. The molecule has 1 aliphatic rings. The number of hydrogen-bond acceptors (Lipinski definition) is 3. The van der Waals surface area contributed by atoms with Gasteiger partial charge in [0.2, 0.25) is 0 Å². The van der Waals surface area contributed by atoms with Gasteiger partial charge in [-0.1, -0.05) is 11.6 Å². The molecule has 106 valence electrons. The second-order valence-electron chi connectivity index (χ2n) is 5.75. The Kier molecular flexibility index (Phi) is 3.88. The summed E-state index contributed by atoms with van der Waals surface area (Å²) < 4.78 is 0. The van der Waals surface area contributed by atoms with E-state index in [1.807, 2.05) is 0 Å². The summed E-state index contributed by atoms with van der Waals surface area (Å²) in [7, 11) is 0. The Hall–Kier alpha value is -1.61. The van der Waals surface area contributed by atoms with E-state index < -0.39 is 0 Å². The number of hydrogen-bond donors (Lipinski definition) is 1. The summed E-state index contributed by atoms with van der Waals surface area (Å²) >= 11 is 0. The maximum Gasteiger partial charge on any atom is 0.132 e. The van der Waals surface area contributed by atoms with Crippen LogP contribution in [0.2, 0.25) is 0 Å². The van der Waals surface area contributed by atoms with Crippen LogP contribution < -0.4 is 10.6 Å². The summed E-state index contributed by atoms with van der Waals surface area (Å²) in [5, 5.41) is 1.25. The van der Waals surface area contributed by atoms with Gasteiger partial charge in [-0.2, -0.15) is 0 Å². The second kappa shape index (κ2) is 5.80. The first-order chi connectivity index (χ1) is 9.78. The van der Waals surface area contributed by atoms with Crippen LogP contribution in [0.3, 0.4) is 0 Å². The summed E-state index contributed by atoms with van der Waals surface area (Å²) in [5.74, 6) is 1.19. The van der Waals surface area contributed by atoms with Crippen molar-refractivity contribution in [2.75, 3.05) is 24.5 Å². The largest absolute Gasteiger partial charge is 0.356 e. The van der Waals surface area contributed by atoms with E-state index in [1.165, 1.54) is 35.2 Å². The SMILES string of the molecule is Cc1ccc2nc(N3CCCC3)c(CCCN)cc2c1. The lowest BCUT2D eigenvalue weighted by Crippen LogP contribution is -2.21. The molecule has 2 heterocycles. The molecule has 3 nitrogen and oxygen atoms in total. The molecule has 20 heavy (non-hydrogen) atoms. The average Bonchev–Trinajstić information content (AvgIpc) is 2.98. The van der Waals surface area contributed by atoms with Gasteiger partial charge in [0.1, 0.15) is 5.82 Å². The first-order valence-corrected chi connectivity index (χ1v) is 7.63. The van der Waals surface area contributed by atoms with Gasteiger partial charge in [-0.25, -0.2) is 4.98 Å². The van der Waals surface area contributed by atoms with Crippen molar-refractivity contribution < 1.29 is 0 Å². The number of aromatic nitrogens is 1. The first kappa shape index (κ1) is 13.4. The van der Waals surface area contributed by atoms with Crippen LogP contribution in [0, 0.1) is 6.92 Å². The molecule has 0 bridgehead atoms. The number of rotatable bonds is 4. The van der Waals surface area contributed by atoms with Gasteiger partial charge in [-0.05, 0) is 62.9 Å². The highest BCUT2D eigenvalue weighted by molar-refractivity contribution is 5.82. The topological polar surface area (TPSA) is 42.2 Å².